The summed E-state index contributed by atoms with van der Waals surface area (Å²) in [4.78, 5) is 0. The van der Waals surface area contributed by atoms with Gasteiger partial charge in [-0.3, -0.25) is 0 Å². The summed E-state index contributed by atoms with van der Waals surface area (Å²) in [6.45, 7) is 5.12. The minimum Gasteiger partial charge on any atom is -0.377 e. The maximum absolute atomic E-state index is 12.0. The molecule has 1 aliphatic rings. The van der Waals surface area contributed by atoms with Crippen LogP contribution in [0.15, 0.2) is 0 Å². The van der Waals surface area contributed by atoms with E-state index in [0.717, 1.165) is 25.7 Å². The molecule has 1 fully saturated rings. The third-order valence-corrected chi connectivity index (χ3v) is 4.57. The summed E-state index contributed by atoms with van der Waals surface area (Å²) in [6.07, 6.45) is 3.52. The van der Waals surface area contributed by atoms with Crippen LogP contribution < -0.4 is 10.5 Å². The Bertz CT molecular complexity index is 324. The fourth-order valence-electron chi connectivity index (χ4n) is 2.25. The lowest BCUT2D eigenvalue weighted by Crippen LogP contribution is -2.44. The summed E-state index contributed by atoms with van der Waals surface area (Å²) in [5, 5.41) is 0. The van der Waals surface area contributed by atoms with Gasteiger partial charge in [-0.1, -0.05) is 13.8 Å². The normalized spacial score (nSPS) is 23.2. The van der Waals surface area contributed by atoms with Gasteiger partial charge in [-0.25, -0.2) is 13.1 Å². The molecule has 0 aromatic rings. The minimum absolute atomic E-state index is 0.0571. The first-order chi connectivity index (χ1) is 8.43. The van der Waals surface area contributed by atoms with E-state index in [0.29, 0.717) is 19.1 Å². The quantitative estimate of drug-likeness (QED) is 0.723. The zero-order valence-corrected chi connectivity index (χ0v) is 12.2. The SMILES string of the molecule is CC(C)C[C@@H](CN)NS(=O)(=O)C[C@@H]1CCCCO1. The van der Waals surface area contributed by atoms with E-state index >= 15 is 0 Å². The van der Waals surface area contributed by atoms with Crippen LogP contribution in [0, 0.1) is 5.92 Å². The van der Waals surface area contributed by atoms with Gasteiger partial charge < -0.3 is 10.5 Å². The lowest BCUT2D eigenvalue weighted by molar-refractivity contribution is 0.0303. The number of nitrogens with two attached hydrogens (primary N) is 1. The van der Waals surface area contributed by atoms with Crippen LogP contribution in [0.5, 0.6) is 0 Å². The highest BCUT2D eigenvalue weighted by Crippen LogP contribution is 2.14. The third kappa shape index (κ3) is 6.13. The van der Waals surface area contributed by atoms with Crippen molar-refractivity contribution in [3.63, 3.8) is 0 Å². The second-order valence-electron chi connectivity index (χ2n) is 5.45. The first-order valence-electron chi connectivity index (χ1n) is 6.74. The first kappa shape index (κ1) is 15.9. The monoisotopic (exact) mass is 278 g/mol. The zero-order valence-electron chi connectivity index (χ0n) is 11.4. The Kier molecular flexibility index (Phi) is 6.55. The fraction of sp³-hybridized carbons (Fsp3) is 1.00. The van der Waals surface area contributed by atoms with E-state index in [1.165, 1.54) is 0 Å². The molecule has 1 heterocycles. The van der Waals surface area contributed by atoms with Crippen molar-refractivity contribution in [2.24, 2.45) is 11.7 Å². The van der Waals surface area contributed by atoms with E-state index in [-0.39, 0.29) is 17.9 Å². The molecule has 0 aromatic carbocycles. The average Bonchev–Trinajstić information content (AvgIpc) is 2.27. The molecule has 18 heavy (non-hydrogen) atoms. The Morgan fingerprint density at radius 2 is 2.11 bits per heavy atom. The third-order valence-electron chi connectivity index (χ3n) is 3.07. The van der Waals surface area contributed by atoms with Crippen molar-refractivity contribution in [1.82, 2.24) is 4.72 Å². The van der Waals surface area contributed by atoms with Gasteiger partial charge in [0.1, 0.15) is 0 Å². The summed E-state index contributed by atoms with van der Waals surface area (Å²) in [5.74, 6) is 0.480. The maximum Gasteiger partial charge on any atom is 0.214 e. The molecule has 0 unspecified atom stereocenters. The van der Waals surface area contributed by atoms with Gasteiger partial charge in [0.2, 0.25) is 10.0 Å². The van der Waals surface area contributed by atoms with Gasteiger partial charge in [0.15, 0.2) is 0 Å². The summed E-state index contributed by atoms with van der Waals surface area (Å²) < 4.78 is 32.2. The Balaban J connectivity index is 2.46. The topological polar surface area (TPSA) is 81.4 Å². The van der Waals surface area contributed by atoms with Crippen molar-refractivity contribution in [1.29, 1.82) is 0 Å². The van der Waals surface area contributed by atoms with Crippen molar-refractivity contribution in [3.8, 4) is 0 Å². The molecular weight excluding hydrogens is 252 g/mol. The molecule has 1 rings (SSSR count). The highest BCUT2D eigenvalue weighted by molar-refractivity contribution is 7.89. The molecule has 0 amide bonds. The molecule has 108 valence electrons. The predicted molar refractivity (Wildman–Crippen MR) is 72.8 cm³/mol. The van der Waals surface area contributed by atoms with Gasteiger partial charge in [0.05, 0.1) is 11.9 Å². The Morgan fingerprint density at radius 1 is 1.39 bits per heavy atom. The van der Waals surface area contributed by atoms with Crippen molar-refractivity contribution in [2.45, 2.75) is 51.7 Å². The molecule has 0 spiro atoms. The molecule has 1 saturated heterocycles. The lowest BCUT2D eigenvalue weighted by atomic mass is 10.1. The van der Waals surface area contributed by atoms with E-state index in [4.69, 9.17) is 10.5 Å². The fourth-order valence-corrected chi connectivity index (χ4v) is 3.80. The predicted octanol–water partition coefficient (Wildman–Crippen LogP) is 0.848. The van der Waals surface area contributed by atoms with Crippen LogP contribution in [0.2, 0.25) is 0 Å². The van der Waals surface area contributed by atoms with Gasteiger partial charge in [-0.05, 0) is 31.6 Å². The summed E-state index contributed by atoms with van der Waals surface area (Å²) in [6, 6.07) is -0.168. The summed E-state index contributed by atoms with van der Waals surface area (Å²) in [5.41, 5.74) is 5.60. The highest BCUT2D eigenvalue weighted by atomic mass is 32.2. The van der Waals surface area contributed by atoms with Crippen molar-refractivity contribution < 1.29 is 13.2 Å². The molecule has 0 bridgehead atoms. The summed E-state index contributed by atoms with van der Waals surface area (Å²) in [7, 11) is -3.29. The molecule has 0 saturated carbocycles. The average molecular weight is 278 g/mol. The van der Waals surface area contributed by atoms with Crippen LogP contribution in [-0.4, -0.2) is 39.5 Å². The van der Waals surface area contributed by atoms with E-state index in [2.05, 4.69) is 18.6 Å². The molecule has 0 radical (unpaired) electrons. The number of rotatable bonds is 7. The number of hydrogen-bond acceptors (Lipinski definition) is 4. The van der Waals surface area contributed by atoms with Crippen LogP contribution >= 0.6 is 0 Å². The molecule has 3 N–H and O–H groups in total. The number of hydrogen-bond donors (Lipinski definition) is 2. The standard InChI is InChI=1S/C12H26N2O3S/c1-10(2)7-11(8-13)14-18(15,16)9-12-5-3-4-6-17-12/h10-12,14H,3-9,13H2,1-2H3/t11-,12-/m0/s1. The van der Waals surface area contributed by atoms with E-state index in [9.17, 15) is 8.42 Å². The van der Waals surface area contributed by atoms with Gasteiger partial charge in [0, 0.05) is 19.2 Å². The lowest BCUT2D eigenvalue weighted by Gasteiger charge is -2.24. The number of sulfonamides is 1. The smallest absolute Gasteiger partial charge is 0.214 e. The van der Waals surface area contributed by atoms with E-state index < -0.39 is 10.0 Å². The van der Waals surface area contributed by atoms with Gasteiger partial charge in [0.25, 0.3) is 0 Å². The van der Waals surface area contributed by atoms with Crippen LogP contribution in [-0.2, 0) is 14.8 Å². The van der Waals surface area contributed by atoms with Gasteiger partial charge in [-0.15, -0.1) is 0 Å². The molecular formula is C12H26N2O3S. The largest absolute Gasteiger partial charge is 0.377 e. The van der Waals surface area contributed by atoms with Crippen molar-refractivity contribution in [3.05, 3.63) is 0 Å². The molecule has 5 nitrogen and oxygen atoms in total. The molecule has 0 aromatic heterocycles. The molecule has 0 aliphatic carbocycles. The molecule has 6 heteroatoms. The van der Waals surface area contributed by atoms with Gasteiger partial charge in [-0.2, -0.15) is 0 Å². The summed E-state index contributed by atoms with van der Waals surface area (Å²) >= 11 is 0. The Morgan fingerprint density at radius 3 is 2.61 bits per heavy atom. The zero-order chi connectivity index (χ0) is 13.6. The van der Waals surface area contributed by atoms with E-state index in [1.807, 2.05) is 0 Å². The second kappa shape index (κ2) is 7.43. The van der Waals surface area contributed by atoms with Crippen LogP contribution in [0.4, 0.5) is 0 Å². The Hall–Kier alpha value is -0.170. The van der Waals surface area contributed by atoms with E-state index in [1.54, 1.807) is 0 Å². The van der Waals surface area contributed by atoms with Gasteiger partial charge >= 0.3 is 0 Å². The number of nitrogens with one attached hydrogen (secondary N) is 1. The van der Waals surface area contributed by atoms with Crippen molar-refractivity contribution >= 4 is 10.0 Å². The minimum atomic E-state index is -3.29. The first-order valence-corrected chi connectivity index (χ1v) is 8.40. The highest BCUT2D eigenvalue weighted by Gasteiger charge is 2.24. The Labute approximate surface area is 111 Å². The number of ether oxygens (including phenoxy) is 1. The second-order valence-corrected chi connectivity index (χ2v) is 7.25. The van der Waals surface area contributed by atoms with Crippen LogP contribution in [0.1, 0.15) is 39.5 Å². The van der Waals surface area contributed by atoms with Crippen LogP contribution in [0.25, 0.3) is 0 Å². The van der Waals surface area contributed by atoms with Crippen LogP contribution in [0.3, 0.4) is 0 Å². The maximum atomic E-state index is 12.0. The molecule has 2 atom stereocenters. The molecule has 1 aliphatic heterocycles. The van der Waals surface area contributed by atoms with Crippen molar-refractivity contribution in [2.75, 3.05) is 18.9 Å².